The number of amides is 1. The van der Waals surface area contributed by atoms with Gasteiger partial charge in [0.15, 0.2) is 0 Å². The van der Waals surface area contributed by atoms with Gasteiger partial charge in [-0.3, -0.25) is 4.79 Å². The number of carbonyl (C=O) groups is 1. The van der Waals surface area contributed by atoms with E-state index in [1.807, 2.05) is 25.1 Å². The predicted molar refractivity (Wildman–Crippen MR) is 83.4 cm³/mol. The standard InChI is InChI=1S/C16H18ClNO3/c1-2-14(9-19)18-16(20)6-3-11-7-12-8-13(17)4-5-15(12)21-10-11/h3-8,14,19H,2,9-10H2,1H3,(H,18,20)/b6-3+. The second-order valence-electron chi connectivity index (χ2n) is 4.82. The van der Waals surface area contributed by atoms with E-state index in [0.29, 0.717) is 18.1 Å². The summed E-state index contributed by atoms with van der Waals surface area (Å²) in [6.07, 6.45) is 5.79. The highest BCUT2D eigenvalue weighted by Crippen LogP contribution is 2.29. The van der Waals surface area contributed by atoms with Crippen molar-refractivity contribution < 1.29 is 14.6 Å². The molecule has 0 aliphatic carbocycles. The smallest absolute Gasteiger partial charge is 0.244 e. The molecule has 0 spiro atoms. The summed E-state index contributed by atoms with van der Waals surface area (Å²) in [5.74, 6) is 0.557. The van der Waals surface area contributed by atoms with Crippen molar-refractivity contribution in [2.45, 2.75) is 19.4 Å². The first-order chi connectivity index (χ1) is 10.1. The van der Waals surface area contributed by atoms with Gasteiger partial charge in [-0.2, -0.15) is 0 Å². The zero-order chi connectivity index (χ0) is 15.2. The van der Waals surface area contributed by atoms with Gasteiger partial charge in [-0.1, -0.05) is 24.6 Å². The molecule has 2 N–H and O–H groups in total. The van der Waals surface area contributed by atoms with E-state index < -0.39 is 0 Å². The predicted octanol–water partition coefficient (Wildman–Crippen LogP) is 2.56. The number of nitrogens with one attached hydrogen (secondary N) is 1. The lowest BCUT2D eigenvalue weighted by atomic mass is 10.1. The summed E-state index contributed by atoms with van der Waals surface area (Å²) in [7, 11) is 0. The maximum absolute atomic E-state index is 11.7. The fraction of sp³-hybridized carbons (Fsp3) is 0.312. The van der Waals surface area contributed by atoms with Crippen LogP contribution in [0.4, 0.5) is 0 Å². The highest BCUT2D eigenvalue weighted by Gasteiger charge is 2.11. The molecular formula is C16H18ClNO3. The number of aliphatic hydroxyl groups excluding tert-OH is 1. The fourth-order valence-corrected chi connectivity index (χ4v) is 2.15. The van der Waals surface area contributed by atoms with E-state index in [0.717, 1.165) is 16.9 Å². The van der Waals surface area contributed by atoms with Gasteiger partial charge in [-0.25, -0.2) is 0 Å². The van der Waals surface area contributed by atoms with Crippen molar-refractivity contribution in [3.8, 4) is 5.75 Å². The molecule has 2 rings (SSSR count). The van der Waals surface area contributed by atoms with E-state index >= 15 is 0 Å². The van der Waals surface area contributed by atoms with Crippen LogP contribution < -0.4 is 10.1 Å². The largest absolute Gasteiger partial charge is 0.488 e. The Hall–Kier alpha value is -1.78. The molecule has 0 fully saturated rings. The topological polar surface area (TPSA) is 58.6 Å². The van der Waals surface area contributed by atoms with Crippen molar-refractivity contribution in [1.29, 1.82) is 0 Å². The third-order valence-corrected chi connectivity index (χ3v) is 3.45. The number of ether oxygens (including phenoxy) is 1. The number of hydrogen-bond acceptors (Lipinski definition) is 3. The van der Waals surface area contributed by atoms with Gasteiger partial charge in [0.1, 0.15) is 12.4 Å². The van der Waals surface area contributed by atoms with Crippen LogP contribution in [0.1, 0.15) is 18.9 Å². The minimum Gasteiger partial charge on any atom is -0.488 e. The Bertz CT molecular complexity index is 577. The molecule has 4 nitrogen and oxygen atoms in total. The molecule has 1 aliphatic heterocycles. The van der Waals surface area contributed by atoms with E-state index in [2.05, 4.69) is 5.32 Å². The molecule has 5 heteroatoms. The van der Waals surface area contributed by atoms with Crippen LogP contribution >= 0.6 is 11.6 Å². The highest BCUT2D eigenvalue weighted by atomic mass is 35.5. The average molecular weight is 308 g/mol. The first-order valence-corrected chi connectivity index (χ1v) is 7.22. The quantitative estimate of drug-likeness (QED) is 0.822. The monoisotopic (exact) mass is 307 g/mol. The molecule has 0 saturated heterocycles. The zero-order valence-corrected chi connectivity index (χ0v) is 12.6. The third-order valence-electron chi connectivity index (χ3n) is 3.22. The SMILES string of the molecule is CCC(CO)NC(=O)/C=C/C1=Cc2cc(Cl)ccc2OC1. The number of hydrogen-bond donors (Lipinski definition) is 2. The summed E-state index contributed by atoms with van der Waals surface area (Å²) in [6.45, 7) is 2.26. The molecule has 112 valence electrons. The molecule has 1 atom stereocenters. The second kappa shape index (κ2) is 7.29. The summed E-state index contributed by atoms with van der Waals surface area (Å²) >= 11 is 5.95. The Balaban J connectivity index is 2.03. The summed E-state index contributed by atoms with van der Waals surface area (Å²) in [5.41, 5.74) is 1.78. The summed E-state index contributed by atoms with van der Waals surface area (Å²) in [5, 5.41) is 12.4. The average Bonchev–Trinajstić information content (AvgIpc) is 2.50. The molecule has 21 heavy (non-hydrogen) atoms. The summed E-state index contributed by atoms with van der Waals surface area (Å²) in [6, 6.07) is 5.22. The second-order valence-corrected chi connectivity index (χ2v) is 5.26. The lowest BCUT2D eigenvalue weighted by Gasteiger charge is -2.16. The van der Waals surface area contributed by atoms with Crippen LogP contribution in [0.25, 0.3) is 6.08 Å². The maximum atomic E-state index is 11.7. The van der Waals surface area contributed by atoms with Crippen molar-refractivity contribution in [2.75, 3.05) is 13.2 Å². The van der Waals surface area contributed by atoms with Crippen molar-refractivity contribution >= 4 is 23.6 Å². The lowest BCUT2D eigenvalue weighted by Crippen LogP contribution is -2.35. The normalized spacial score (nSPS) is 15.1. The third kappa shape index (κ3) is 4.34. The van der Waals surface area contributed by atoms with Crippen LogP contribution in [-0.2, 0) is 4.79 Å². The molecule has 1 unspecified atom stereocenters. The van der Waals surface area contributed by atoms with E-state index in [9.17, 15) is 4.79 Å². The Labute approximate surface area is 129 Å². The van der Waals surface area contributed by atoms with Crippen molar-refractivity contribution in [3.05, 3.63) is 46.5 Å². The Morgan fingerprint density at radius 3 is 3.10 bits per heavy atom. The van der Waals surface area contributed by atoms with E-state index in [1.54, 1.807) is 12.1 Å². The van der Waals surface area contributed by atoms with Gasteiger partial charge in [-0.05, 0) is 36.3 Å². The maximum Gasteiger partial charge on any atom is 0.244 e. The van der Waals surface area contributed by atoms with Crippen LogP contribution in [0.5, 0.6) is 5.75 Å². The molecule has 1 aliphatic rings. The number of rotatable bonds is 5. The Morgan fingerprint density at radius 1 is 1.57 bits per heavy atom. The number of aliphatic hydroxyl groups is 1. The molecule has 1 aromatic carbocycles. The van der Waals surface area contributed by atoms with Gasteiger partial charge in [0.05, 0.1) is 12.6 Å². The number of benzene rings is 1. The molecule has 0 saturated carbocycles. The lowest BCUT2D eigenvalue weighted by molar-refractivity contribution is -0.117. The molecular weight excluding hydrogens is 290 g/mol. The number of halogens is 1. The van der Waals surface area contributed by atoms with Gasteiger partial charge >= 0.3 is 0 Å². The van der Waals surface area contributed by atoms with Crippen LogP contribution in [0.15, 0.2) is 35.9 Å². The van der Waals surface area contributed by atoms with Gasteiger partial charge in [0.2, 0.25) is 5.91 Å². The zero-order valence-electron chi connectivity index (χ0n) is 11.8. The Morgan fingerprint density at radius 2 is 2.38 bits per heavy atom. The molecule has 1 aromatic rings. The molecule has 1 heterocycles. The first kappa shape index (κ1) is 15.6. The minimum atomic E-state index is -0.228. The van der Waals surface area contributed by atoms with Crippen LogP contribution in [0.2, 0.25) is 5.02 Å². The van der Waals surface area contributed by atoms with Gasteiger partial charge in [0.25, 0.3) is 0 Å². The summed E-state index contributed by atoms with van der Waals surface area (Å²) < 4.78 is 5.60. The van der Waals surface area contributed by atoms with Crippen molar-refractivity contribution in [1.82, 2.24) is 5.32 Å². The fourth-order valence-electron chi connectivity index (χ4n) is 1.97. The van der Waals surface area contributed by atoms with Crippen molar-refractivity contribution in [3.63, 3.8) is 0 Å². The number of fused-ring (bicyclic) bond motifs is 1. The van der Waals surface area contributed by atoms with Crippen LogP contribution in [-0.4, -0.2) is 30.3 Å². The van der Waals surface area contributed by atoms with Gasteiger partial charge < -0.3 is 15.2 Å². The van der Waals surface area contributed by atoms with Crippen LogP contribution in [0.3, 0.4) is 0 Å². The highest BCUT2D eigenvalue weighted by molar-refractivity contribution is 6.30. The minimum absolute atomic E-state index is 0.0617. The summed E-state index contributed by atoms with van der Waals surface area (Å²) in [4.78, 5) is 11.7. The molecule has 1 amide bonds. The Kier molecular flexibility index (Phi) is 5.42. The van der Waals surface area contributed by atoms with Gasteiger partial charge in [-0.15, -0.1) is 0 Å². The molecule has 0 aromatic heterocycles. The molecule has 0 radical (unpaired) electrons. The van der Waals surface area contributed by atoms with E-state index in [4.69, 9.17) is 21.4 Å². The number of carbonyl (C=O) groups excluding carboxylic acids is 1. The van der Waals surface area contributed by atoms with E-state index in [1.165, 1.54) is 6.08 Å². The van der Waals surface area contributed by atoms with Crippen molar-refractivity contribution in [2.24, 2.45) is 0 Å². The van der Waals surface area contributed by atoms with Crippen LogP contribution in [0, 0.1) is 0 Å². The molecule has 0 bridgehead atoms. The van der Waals surface area contributed by atoms with Gasteiger partial charge in [0, 0.05) is 16.7 Å². The first-order valence-electron chi connectivity index (χ1n) is 6.84. The van der Waals surface area contributed by atoms with E-state index in [-0.39, 0.29) is 18.6 Å².